The molecule has 1 amide bonds. The number of carbonyl (C=O) groups is 2. The summed E-state index contributed by atoms with van der Waals surface area (Å²) in [6, 6.07) is 14.4. The molecule has 0 atom stereocenters. The molecule has 6 nitrogen and oxygen atoms in total. The molecule has 0 aliphatic heterocycles. The van der Waals surface area contributed by atoms with Crippen LogP contribution in [0.1, 0.15) is 51.5 Å². The van der Waals surface area contributed by atoms with E-state index in [1.54, 1.807) is 18.3 Å². The van der Waals surface area contributed by atoms with Crippen molar-refractivity contribution in [2.75, 3.05) is 0 Å². The summed E-state index contributed by atoms with van der Waals surface area (Å²) in [6.07, 6.45) is 1.36. The summed E-state index contributed by atoms with van der Waals surface area (Å²) >= 11 is 0. The summed E-state index contributed by atoms with van der Waals surface area (Å²) in [6.45, 7) is 7.49. The van der Waals surface area contributed by atoms with Crippen LogP contribution >= 0.6 is 0 Å². The quantitative estimate of drug-likeness (QED) is 0.360. The minimum Gasteiger partial charge on any atom is -0.459 e. The van der Waals surface area contributed by atoms with Crippen LogP contribution < -0.4 is 5.43 Å². The predicted molar refractivity (Wildman–Crippen MR) is 117 cm³/mol. The zero-order chi connectivity index (χ0) is 22.5. The van der Waals surface area contributed by atoms with E-state index in [1.807, 2.05) is 50.5 Å². The highest BCUT2D eigenvalue weighted by Gasteiger charge is 2.14. The number of benzene rings is 2. The normalized spacial score (nSPS) is 11.2. The number of nitrogens with one attached hydrogen (secondary N) is 1. The summed E-state index contributed by atoms with van der Waals surface area (Å²) in [5.74, 6) is -1.21. The zero-order valence-electron chi connectivity index (χ0n) is 17.8. The van der Waals surface area contributed by atoms with E-state index < -0.39 is 11.7 Å². The topological polar surface area (TPSA) is 72.7 Å². The second kappa shape index (κ2) is 9.38. The highest BCUT2D eigenvalue weighted by atomic mass is 19.1. The van der Waals surface area contributed by atoms with Crippen molar-refractivity contribution in [2.45, 2.75) is 33.8 Å². The monoisotopic (exact) mass is 421 g/mol. The van der Waals surface area contributed by atoms with Gasteiger partial charge in [-0.05, 0) is 76.2 Å². The van der Waals surface area contributed by atoms with E-state index in [0.29, 0.717) is 11.1 Å². The standard InChI is InChI=1S/C24H24FN3O3/c1-15(2)31-24(30)19-6-5-7-22(13-19)28-16(3)12-20(17(28)4)14-26-27-23(29)18-8-10-21(25)11-9-18/h5-15H,1-4H3,(H,27,29)/b26-14-. The summed E-state index contributed by atoms with van der Waals surface area (Å²) < 4.78 is 20.3. The number of nitrogens with zero attached hydrogens (tertiary/aromatic N) is 2. The lowest BCUT2D eigenvalue weighted by Crippen LogP contribution is -2.17. The van der Waals surface area contributed by atoms with Gasteiger partial charge in [0.2, 0.25) is 0 Å². The van der Waals surface area contributed by atoms with Crippen LogP contribution in [0.5, 0.6) is 0 Å². The van der Waals surface area contributed by atoms with Gasteiger partial charge in [0.25, 0.3) is 5.91 Å². The van der Waals surface area contributed by atoms with Gasteiger partial charge in [-0.2, -0.15) is 5.10 Å². The van der Waals surface area contributed by atoms with Crippen LogP contribution in [0.15, 0.2) is 59.7 Å². The molecule has 160 valence electrons. The lowest BCUT2D eigenvalue weighted by atomic mass is 10.2. The predicted octanol–water partition coefficient (Wildman–Crippen LogP) is 4.56. The average molecular weight is 421 g/mol. The number of ether oxygens (including phenoxy) is 1. The largest absolute Gasteiger partial charge is 0.459 e. The van der Waals surface area contributed by atoms with Gasteiger partial charge in [-0.15, -0.1) is 0 Å². The Morgan fingerprint density at radius 2 is 1.77 bits per heavy atom. The summed E-state index contributed by atoms with van der Waals surface area (Å²) in [5, 5.41) is 4.02. The maximum Gasteiger partial charge on any atom is 0.338 e. The van der Waals surface area contributed by atoms with Crippen molar-refractivity contribution in [1.29, 1.82) is 0 Å². The maximum absolute atomic E-state index is 13.0. The maximum atomic E-state index is 13.0. The first-order chi connectivity index (χ1) is 14.8. The SMILES string of the molecule is Cc1cc(/C=N\NC(=O)c2ccc(F)cc2)c(C)n1-c1cccc(C(=O)OC(C)C)c1. The van der Waals surface area contributed by atoms with Crippen molar-refractivity contribution in [3.63, 3.8) is 0 Å². The van der Waals surface area contributed by atoms with E-state index >= 15 is 0 Å². The molecule has 0 aliphatic carbocycles. The number of halogens is 1. The van der Waals surface area contributed by atoms with Crippen LogP contribution in [0.4, 0.5) is 4.39 Å². The van der Waals surface area contributed by atoms with Gasteiger partial charge in [0.05, 0.1) is 17.9 Å². The molecule has 0 bridgehead atoms. The number of aryl methyl sites for hydroxylation is 1. The van der Waals surface area contributed by atoms with E-state index in [4.69, 9.17) is 4.74 Å². The highest BCUT2D eigenvalue weighted by Crippen LogP contribution is 2.21. The number of hydrogen-bond donors (Lipinski definition) is 1. The Morgan fingerprint density at radius 3 is 2.45 bits per heavy atom. The third kappa shape index (κ3) is 5.25. The van der Waals surface area contributed by atoms with Gasteiger partial charge < -0.3 is 9.30 Å². The van der Waals surface area contributed by atoms with E-state index in [-0.39, 0.29) is 12.1 Å². The van der Waals surface area contributed by atoms with Crippen molar-refractivity contribution in [3.8, 4) is 5.69 Å². The van der Waals surface area contributed by atoms with E-state index in [9.17, 15) is 14.0 Å². The molecule has 31 heavy (non-hydrogen) atoms. The molecule has 7 heteroatoms. The molecule has 1 N–H and O–H groups in total. The average Bonchev–Trinajstić information content (AvgIpc) is 3.01. The third-order valence-corrected chi connectivity index (χ3v) is 4.63. The summed E-state index contributed by atoms with van der Waals surface area (Å²) in [7, 11) is 0. The van der Waals surface area contributed by atoms with Crippen LogP contribution in [-0.2, 0) is 4.74 Å². The van der Waals surface area contributed by atoms with E-state index in [1.165, 1.54) is 24.3 Å². The van der Waals surface area contributed by atoms with Gasteiger partial charge in [0.15, 0.2) is 0 Å². The molecular formula is C24H24FN3O3. The molecule has 0 spiro atoms. The van der Waals surface area contributed by atoms with Crippen molar-refractivity contribution < 1.29 is 18.7 Å². The van der Waals surface area contributed by atoms with Crippen LogP contribution in [0, 0.1) is 19.7 Å². The lowest BCUT2D eigenvalue weighted by molar-refractivity contribution is 0.0377. The van der Waals surface area contributed by atoms with Gasteiger partial charge in [-0.1, -0.05) is 6.07 Å². The van der Waals surface area contributed by atoms with Crippen molar-refractivity contribution in [3.05, 3.63) is 88.5 Å². The van der Waals surface area contributed by atoms with Gasteiger partial charge in [-0.3, -0.25) is 4.79 Å². The molecule has 3 rings (SSSR count). The van der Waals surface area contributed by atoms with E-state index in [2.05, 4.69) is 10.5 Å². The van der Waals surface area contributed by atoms with Crippen molar-refractivity contribution in [2.24, 2.45) is 5.10 Å². The van der Waals surface area contributed by atoms with Crippen LogP contribution in [0.3, 0.4) is 0 Å². The van der Waals surface area contributed by atoms with Gasteiger partial charge in [0.1, 0.15) is 5.82 Å². The van der Waals surface area contributed by atoms with Crippen molar-refractivity contribution in [1.82, 2.24) is 9.99 Å². The Morgan fingerprint density at radius 1 is 1.06 bits per heavy atom. The van der Waals surface area contributed by atoms with Crippen LogP contribution in [0.25, 0.3) is 5.69 Å². The molecule has 0 fully saturated rings. The Hall–Kier alpha value is -3.74. The molecule has 0 saturated carbocycles. The Labute approximate surface area is 180 Å². The van der Waals surface area contributed by atoms with Crippen LogP contribution in [0.2, 0.25) is 0 Å². The fourth-order valence-corrected chi connectivity index (χ4v) is 3.20. The number of amides is 1. The number of carbonyl (C=O) groups excluding carboxylic acids is 2. The molecule has 3 aromatic rings. The first-order valence-electron chi connectivity index (χ1n) is 9.85. The molecule has 0 aliphatic rings. The molecule has 1 aromatic heterocycles. The zero-order valence-corrected chi connectivity index (χ0v) is 17.8. The first-order valence-corrected chi connectivity index (χ1v) is 9.85. The fourth-order valence-electron chi connectivity index (χ4n) is 3.20. The summed E-state index contributed by atoms with van der Waals surface area (Å²) in [4.78, 5) is 24.3. The van der Waals surface area contributed by atoms with Crippen LogP contribution in [-0.4, -0.2) is 28.8 Å². The van der Waals surface area contributed by atoms with E-state index in [0.717, 1.165) is 22.6 Å². The molecule has 2 aromatic carbocycles. The second-order valence-electron chi connectivity index (χ2n) is 7.37. The molecule has 1 heterocycles. The second-order valence-corrected chi connectivity index (χ2v) is 7.37. The minimum atomic E-state index is -0.429. The third-order valence-electron chi connectivity index (χ3n) is 4.63. The number of hydrogen-bond acceptors (Lipinski definition) is 4. The number of aromatic nitrogens is 1. The van der Waals surface area contributed by atoms with Gasteiger partial charge >= 0.3 is 5.97 Å². The fraction of sp³-hybridized carbons (Fsp3) is 0.208. The Balaban J connectivity index is 1.79. The number of hydrazone groups is 1. The van der Waals surface area contributed by atoms with Crippen molar-refractivity contribution >= 4 is 18.1 Å². The lowest BCUT2D eigenvalue weighted by Gasteiger charge is -2.12. The number of rotatable bonds is 6. The highest BCUT2D eigenvalue weighted by molar-refractivity contribution is 5.95. The molecular weight excluding hydrogens is 397 g/mol. The van der Waals surface area contributed by atoms with Gasteiger partial charge in [-0.25, -0.2) is 14.6 Å². The Kier molecular flexibility index (Phi) is 6.65. The van der Waals surface area contributed by atoms with Gasteiger partial charge in [0, 0.05) is 28.2 Å². The molecule has 0 radical (unpaired) electrons. The molecule has 0 unspecified atom stereocenters. The smallest absolute Gasteiger partial charge is 0.338 e. The first kappa shape index (κ1) is 22.0. The summed E-state index contributed by atoms with van der Waals surface area (Å²) in [5.41, 5.74) is 6.70. The Bertz CT molecular complexity index is 1130. The molecule has 0 saturated heterocycles. The minimum absolute atomic E-state index is 0.195. The number of esters is 1.